The van der Waals surface area contributed by atoms with Gasteiger partial charge in [-0.25, -0.2) is 0 Å². The molecule has 0 unspecified atom stereocenters. The molecule has 0 heterocycles. The summed E-state index contributed by atoms with van der Waals surface area (Å²) >= 11 is 0. The molecule has 30 heavy (non-hydrogen) atoms. The van der Waals surface area contributed by atoms with Crippen molar-refractivity contribution in [2.24, 2.45) is 0 Å². The van der Waals surface area contributed by atoms with Crippen molar-refractivity contribution >= 4 is 11.9 Å². The predicted molar refractivity (Wildman–Crippen MR) is 128 cm³/mol. The van der Waals surface area contributed by atoms with Gasteiger partial charge in [0.15, 0.2) is 0 Å². The van der Waals surface area contributed by atoms with E-state index in [1.807, 2.05) is 13.8 Å². The number of hydrogen-bond donors (Lipinski definition) is 0. The van der Waals surface area contributed by atoms with Gasteiger partial charge in [0, 0.05) is 12.8 Å². The molecule has 178 valence electrons. The van der Waals surface area contributed by atoms with Crippen molar-refractivity contribution in [3.05, 3.63) is 12.2 Å². The summed E-state index contributed by atoms with van der Waals surface area (Å²) in [5, 5.41) is 0. The molecule has 4 nitrogen and oxygen atoms in total. The van der Waals surface area contributed by atoms with Gasteiger partial charge in [0.05, 0.1) is 13.2 Å². The average Bonchev–Trinajstić information content (AvgIpc) is 2.73. The number of hydrogen-bond acceptors (Lipinski definition) is 4. The molecule has 0 saturated heterocycles. The molecule has 0 radical (unpaired) electrons. The minimum Gasteiger partial charge on any atom is -0.466 e. The zero-order valence-corrected chi connectivity index (χ0v) is 20.5. The van der Waals surface area contributed by atoms with Gasteiger partial charge in [0.2, 0.25) is 0 Å². The van der Waals surface area contributed by atoms with E-state index in [-0.39, 0.29) is 11.9 Å². The summed E-state index contributed by atoms with van der Waals surface area (Å²) in [5.41, 5.74) is 0. The molecule has 0 N–H and O–H groups in total. The summed E-state index contributed by atoms with van der Waals surface area (Å²) < 4.78 is 9.72. The Morgan fingerprint density at radius 2 is 1.00 bits per heavy atom. The van der Waals surface area contributed by atoms with Crippen LogP contribution >= 0.6 is 0 Å². The highest BCUT2D eigenvalue weighted by atomic mass is 16.5. The predicted octanol–water partition coefficient (Wildman–Crippen LogP) is 7.94. The minimum atomic E-state index is -0.0496. The molecule has 0 atom stereocenters. The van der Waals surface area contributed by atoms with E-state index in [0.29, 0.717) is 26.1 Å². The second-order valence-electron chi connectivity index (χ2n) is 7.71. The number of rotatable bonds is 19. The van der Waals surface area contributed by atoms with Crippen LogP contribution in [0, 0.1) is 0 Å². The molecule has 0 spiro atoms. The standard InChI is InChI=1S/C13H26O2.C13H24O2/c2*1-3-5-6-7-8-9-10-11-12-13(14)15-4-2/h3-12H2,1-2H3;3,5H,4,6-12H2,1-2H3/b;5-3+. The second-order valence-corrected chi connectivity index (χ2v) is 7.71. The fourth-order valence-corrected chi connectivity index (χ4v) is 3.10. The summed E-state index contributed by atoms with van der Waals surface area (Å²) in [4.78, 5) is 22.0. The van der Waals surface area contributed by atoms with Crippen molar-refractivity contribution in [1.82, 2.24) is 0 Å². The minimum absolute atomic E-state index is 0.0384. The first-order valence-electron chi connectivity index (χ1n) is 12.5. The summed E-state index contributed by atoms with van der Waals surface area (Å²) in [6.45, 7) is 9.00. The lowest BCUT2D eigenvalue weighted by molar-refractivity contribution is -0.144. The zero-order chi connectivity index (χ0) is 22.7. The van der Waals surface area contributed by atoms with Crippen molar-refractivity contribution in [3.8, 4) is 0 Å². The zero-order valence-electron chi connectivity index (χ0n) is 20.5. The van der Waals surface area contributed by atoms with Crippen LogP contribution in [0.2, 0.25) is 0 Å². The van der Waals surface area contributed by atoms with Gasteiger partial charge in [-0.3, -0.25) is 9.59 Å². The van der Waals surface area contributed by atoms with Crippen LogP contribution in [-0.4, -0.2) is 25.2 Å². The van der Waals surface area contributed by atoms with Crippen molar-refractivity contribution in [2.75, 3.05) is 13.2 Å². The van der Waals surface area contributed by atoms with E-state index in [0.717, 1.165) is 19.3 Å². The topological polar surface area (TPSA) is 52.6 Å². The SMILES string of the molecule is C/C=C/CCCCCCCC(=O)OCC.CCCCCCCCCCC(=O)OCC. The van der Waals surface area contributed by atoms with Gasteiger partial charge in [-0.05, 0) is 46.5 Å². The molecule has 0 amide bonds. The molecule has 0 aromatic heterocycles. The smallest absolute Gasteiger partial charge is 0.305 e. The highest BCUT2D eigenvalue weighted by Gasteiger charge is 2.01. The van der Waals surface area contributed by atoms with Crippen LogP contribution in [0.25, 0.3) is 0 Å². The van der Waals surface area contributed by atoms with Crippen LogP contribution in [0.5, 0.6) is 0 Å². The molecular formula is C26H50O4. The maximum atomic E-state index is 11.0. The molecule has 0 rings (SSSR count). The lowest BCUT2D eigenvalue weighted by Gasteiger charge is -2.02. The van der Waals surface area contributed by atoms with Crippen LogP contribution < -0.4 is 0 Å². The number of allylic oxidation sites excluding steroid dienone is 2. The van der Waals surface area contributed by atoms with Gasteiger partial charge >= 0.3 is 11.9 Å². The number of carbonyl (C=O) groups excluding carboxylic acids is 2. The Kier molecular flexibility index (Phi) is 28.5. The third-order valence-corrected chi connectivity index (χ3v) is 4.83. The summed E-state index contributed by atoms with van der Waals surface area (Å²) in [6.07, 6.45) is 22.7. The Morgan fingerprint density at radius 1 is 0.600 bits per heavy atom. The molecular weight excluding hydrogens is 376 g/mol. The maximum absolute atomic E-state index is 11.0. The Labute approximate surface area is 187 Å². The average molecular weight is 427 g/mol. The van der Waals surface area contributed by atoms with E-state index in [1.165, 1.54) is 70.6 Å². The molecule has 4 heteroatoms. The lowest BCUT2D eigenvalue weighted by Crippen LogP contribution is -2.03. The van der Waals surface area contributed by atoms with E-state index in [4.69, 9.17) is 9.47 Å². The van der Waals surface area contributed by atoms with Crippen molar-refractivity contribution in [3.63, 3.8) is 0 Å². The molecule has 0 fully saturated rings. The normalized spacial score (nSPS) is 10.5. The van der Waals surface area contributed by atoms with E-state index >= 15 is 0 Å². The fourth-order valence-electron chi connectivity index (χ4n) is 3.10. The monoisotopic (exact) mass is 426 g/mol. The van der Waals surface area contributed by atoms with Crippen molar-refractivity contribution < 1.29 is 19.1 Å². The first-order chi connectivity index (χ1) is 14.6. The van der Waals surface area contributed by atoms with Gasteiger partial charge in [-0.15, -0.1) is 0 Å². The van der Waals surface area contributed by atoms with Gasteiger partial charge < -0.3 is 9.47 Å². The largest absolute Gasteiger partial charge is 0.466 e. The maximum Gasteiger partial charge on any atom is 0.305 e. The van der Waals surface area contributed by atoms with Crippen molar-refractivity contribution in [1.29, 1.82) is 0 Å². The molecule has 0 bridgehead atoms. The van der Waals surface area contributed by atoms with Gasteiger partial charge in [0.1, 0.15) is 0 Å². The summed E-state index contributed by atoms with van der Waals surface area (Å²) in [5.74, 6) is -0.0881. The van der Waals surface area contributed by atoms with Gasteiger partial charge in [0.25, 0.3) is 0 Å². The summed E-state index contributed by atoms with van der Waals surface area (Å²) in [6, 6.07) is 0. The molecule has 0 aliphatic heterocycles. The first-order valence-corrected chi connectivity index (χ1v) is 12.5. The van der Waals surface area contributed by atoms with Gasteiger partial charge in [-0.1, -0.05) is 83.3 Å². The first kappa shape index (κ1) is 30.9. The molecule has 0 aromatic carbocycles. The Balaban J connectivity index is 0. The molecule has 0 saturated carbocycles. The van der Waals surface area contributed by atoms with E-state index in [9.17, 15) is 9.59 Å². The van der Waals surface area contributed by atoms with Crippen LogP contribution in [0.15, 0.2) is 12.2 Å². The van der Waals surface area contributed by atoms with Crippen LogP contribution in [-0.2, 0) is 19.1 Å². The quantitative estimate of drug-likeness (QED) is 0.119. The highest BCUT2D eigenvalue weighted by Crippen LogP contribution is 2.10. The number of esters is 2. The second kappa shape index (κ2) is 27.7. The lowest BCUT2D eigenvalue weighted by atomic mass is 10.1. The van der Waals surface area contributed by atoms with Crippen LogP contribution in [0.1, 0.15) is 130 Å². The Bertz CT molecular complexity index is 390. The van der Waals surface area contributed by atoms with E-state index < -0.39 is 0 Å². The summed E-state index contributed by atoms with van der Waals surface area (Å²) in [7, 11) is 0. The molecule has 0 aliphatic carbocycles. The van der Waals surface area contributed by atoms with E-state index in [1.54, 1.807) is 0 Å². The molecule has 0 aromatic rings. The Morgan fingerprint density at radius 3 is 1.40 bits per heavy atom. The number of carbonyl (C=O) groups is 2. The fraction of sp³-hybridized carbons (Fsp3) is 0.846. The van der Waals surface area contributed by atoms with E-state index in [2.05, 4.69) is 26.0 Å². The van der Waals surface area contributed by atoms with Crippen molar-refractivity contribution in [2.45, 2.75) is 130 Å². The van der Waals surface area contributed by atoms with Gasteiger partial charge in [-0.2, -0.15) is 0 Å². The molecule has 0 aliphatic rings. The highest BCUT2D eigenvalue weighted by molar-refractivity contribution is 5.69. The third kappa shape index (κ3) is 28.9. The Hall–Kier alpha value is -1.32. The number of unbranched alkanes of at least 4 members (excludes halogenated alkanes) is 12. The number of ether oxygens (including phenoxy) is 2. The van der Waals surface area contributed by atoms with Crippen LogP contribution in [0.3, 0.4) is 0 Å². The third-order valence-electron chi connectivity index (χ3n) is 4.83. The van der Waals surface area contributed by atoms with Crippen LogP contribution in [0.4, 0.5) is 0 Å².